The van der Waals surface area contributed by atoms with Crippen molar-refractivity contribution >= 4 is 27.6 Å². The molecule has 5 heterocycles. The van der Waals surface area contributed by atoms with Crippen LogP contribution in [0.1, 0.15) is 44.0 Å². The third kappa shape index (κ3) is 5.90. The van der Waals surface area contributed by atoms with Crippen molar-refractivity contribution in [3.63, 3.8) is 0 Å². The van der Waals surface area contributed by atoms with Crippen LogP contribution in [0.25, 0.3) is 0 Å². The number of nitrogens with one attached hydrogen (secondary N) is 1. The molecule has 1 unspecified atom stereocenters. The van der Waals surface area contributed by atoms with Gasteiger partial charge in [0.1, 0.15) is 15.9 Å². The minimum Gasteiger partial charge on any atom is -0.326 e. The number of sulfonamides is 1. The number of hydrogen-bond acceptors (Lipinski definition) is 7. The fourth-order valence-electron chi connectivity index (χ4n) is 6.26. The Labute approximate surface area is 246 Å². The number of thioether (sulfide) groups is 1. The van der Waals surface area contributed by atoms with Crippen molar-refractivity contribution in [1.82, 2.24) is 28.6 Å². The zero-order valence-corrected chi connectivity index (χ0v) is 25.2. The van der Waals surface area contributed by atoms with Gasteiger partial charge in [-0.25, -0.2) is 17.8 Å². The minimum absolute atomic E-state index is 0.00685. The molecule has 220 valence electrons. The van der Waals surface area contributed by atoms with E-state index in [1.807, 2.05) is 24.1 Å². The van der Waals surface area contributed by atoms with Gasteiger partial charge >= 0.3 is 0 Å². The van der Waals surface area contributed by atoms with Crippen molar-refractivity contribution in [2.45, 2.75) is 45.3 Å². The van der Waals surface area contributed by atoms with Gasteiger partial charge in [-0.3, -0.25) is 15.2 Å². The van der Waals surface area contributed by atoms with Crippen LogP contribution in [0, 0.1) is 17.1 Å². The minimum atomic E-state index is -3.64. The van der Waals surface area contributed by atoms with Crippen LogP contribution in [-0.4, -0.2) is 94.7 Å². The average Bonchev–Trinajstić information content (AvgIpc) is 3.61. The van der Waals surface area contributed by atoms with Gasteiger partial charge in [0.15, 0.2) is 0 Å². The number of allylic oxidation sites excluding steroid dienone is 2. The Kier molecular flexibility index (Phi) is 8.12. The van der Waals surface area contributed by atoms with Gasteiger partial charge in [-0.1, -0.05) is 36.9 Å². The number of aromatic nitrogens is 2. The molecule has 6 rings (SSSR count). The summed E-state index contributed by atoms with van der Waals surface area (Å²) in [5, 5.41) is 9.52. The zero-order valence-electron chi connectivity index (χ0n) is 23.6. The summed E-state index contributed by atoms with van der Waals surface area (Å²) >= 11 is 1.30. The van der Waals surface area contributed by atoms with E-state index in [-0.39, 0.29) is 17.8 Å². The number of nitrogens with zero attached hydrogens (tertiary/aromatic N) is 6. The topological polar surface area (TPSA) is 88.8 Å². The number of imidazole rings is 1. The molecular weight excluding hydrogens is 561 g/mol. The molecule has 0 radical (unpaired) electrons. The Morgan fingerprint density at radius 2 is 1.88 bits per heavy atom. The first kappa shape index (κ1) is 28.6. The maximum absolute atomic E-state index is 13.8. The first-order valence-corrected chi connectivity index (χ1v) is 16.6. The highest BCUT2D eigenvalue weighted by molar-refractivity contribution is 8.20. The van der Waals surface area contributed by atoms with E-state index in [9.17, 15) is 12.8 Å². The molecule has 41 heavy (non-hydrogen) atoms. The molecular formula is C29H38FN7O2S2. The SMILES string of the molecule is CC1C=C(N2C[C@@H]3CCCN3CC2=N)SC(S(=O)(=O)N2CCN(Cc3cncn3[C@H](C)c3ccc(F)cc3)CC2)=C1. The summed E-state index contributed by atoms with van der Waals surface area (Å²) in [4.78, 5) is 11.0. The second-order valence-corrected chi connectivity index (χ2v) is 14.7. The van der Waals surface area contributed by atoms with Crippen LogP contribution < -0.4 is 0 Å². The van der Waals surface area contributed by atoms with Gasteiger partial charge in [0.05, 0.1) is 29.6 Å². The predicted molar refractivity (Wildman–Crippen MR) is 160 cm³/mol. The highest BCUT2D eigenvalue weighted by atomic mass is 32.3. The van der Waals surface area contributed by atoms with Gasteiger partial charge in [0.25, 0.3) is 0 Å². The molecule has 1 aromatic carbocycles. The number of piperazine rings is 2. The molecule has 9 nitrogen and oxygen atoms in total. The molecule has 3 atom stereocenters. The van der Waals surface area contributed by atoms with E-state index >= 15 is 0 Å². The number of amidine groups is 1. The lowest BCUT2D eigenvalue weighted by Gasteiger charge is -2.41. The van der Waals surface area contributed by atoms with Gasteiger partial charge in [0, 0.05) is 51.5 Å². The molecule has 3 saturated heterocycles. The molecule has 2 aromatic rings. The molecule has 1 aromatic heterocycles. The van der Waals surface area contributed by atoms with Crippen LogP contribution >= 0.6 is 11.8 Å². The zero-order chi connectivity index (χ0) is 28.7. The molecule has 0 aliphatic carbocycles. The first-order valence-electron chi connectivity index (χ1n) is 14.4. The van der Waals surface area contributed by atoms with E-state index in [1.54, 1.807) is 22.8 Å². The maximum Gasteiger partial charge on any atom is 0.249 e. The highest BCUT2D eigenvalue weighted by Crippen LogP contribution is 2.41. The summed E-state index contributed by atoms with van der Waals surface area (Å²) in [7, 11) is -3.64. The fraction of sp³-hybridized carbons (Fsp3) is 0.517. The monoisotopic (exact) mass is 599 g/mol. The Bertz CT molecular complexity index is 1450. The lowest BCUT2D eigenvalue weighted by molar-refractivity contribution is 0.178. The van der Waals surface area contributed by atoms with Crippen LogP contribution in [0.5, 0.6) is 0 Å². The molecule has 4 aliphatic heterocycles. The molecule has 0 bridgehead atoms. The van der Waals surface area contributed by atoms with E-state index in [0.29, 0.717) is 55.4 Å². The van der Waals surface area contributed by atoms with Gasteiger partial charge in [-0.2, -0.15) is 4.31 Å². The largest absolute Gasteiger partial charge is 0.326 e. The second kappa shape index (κ2) is 11.6. The summed E-state index contributed by atoms with van der Waals surface area (Å²) in [6, 6.07) is 6.99. The van der Waals surface area contributed by atoms with Crippen LogP contribution in [0.2, 0.25) is 0 Å². The van der Waals surface area contributed by atoms with E-state index < -0.39 is 10.0 Å². The molecule has 0 amide bonds. The van der Waals surface area contributed by atoms with E-state index in [4.69, 9.17) is 5.41 Å². The molecule has 3 fully saturated rings. The van der Waals surface area contributed by atoms with Crippen LogP contribution in [0.15, 0.2) is 58.2 Å². The molecule has 4 aliphatic rings. The smallest absolute Gasteiger partial charge is 0.249 e. The van der Waals surface area contributed by atoms with Crippen molar-refractivity contribution in [2.75, 3.05) is 45.8 Å². The van der Waals surface area contributed by atoms with Crippen molar-refractivity contribution in [1.29, 1.82) is 5.41 Å². The Balaban J connectivity index is 1.08. The van der Waals surface area contributed by atoms with Gasteiger partial charge in [-0.05, 0) is 56.0 Å². The summed E-state index contributed by atoms with van der Waals surface area (Å²) in [5.74, 6) is 0.277. The van der Waals surface area contributed by atoms with Crippen LogP contribution in [0.4, 0.5) is 4.39 Å². The fourth-order valence-corrected chi connectivity index (χ4v) is 9.61. The van der Waals surface area contributed by atoms with Crippen molar-refractivity contribution in [3.05, 3.63) is 75.3 Å². The third-order valence-electron chi connectivity index (χ3n) is 8.67. The van der Waals surface area contributed by atoms with Gasteiger partial charge < -0.3 is 9.47 Å². The lowest BCUT2D eigenvalue weighted by Crippen LogP contribution is -2.52. The number of hydrogen-bond donors (Lipinski definition) is 1. The summed E-state index contributed by atoms with van der Waals surface area (Å²) in [6.45, 7) is 9.27. The lowest BCUT2D eigenvalue weighted by atomic mass is 10.1. The normalized spacial score (nSPS) is 25.6. The predicted octanol–water partition coefficient (Wildman–Crippen LogP) is 3.90. The quantitative estimate of drug-likeness (QED) is 0.517. The maximum atomic E-state index is 13.8. The van der Waals surface area contributed by atoms with E-state index in [1.165, 1.54) is 23.9 Å². The number of benzene rings is 1. The summed E-state index contributed by atoms with van der Waals surface area (Å²) < 4.78 is 45.1. The summed E-state index contributed by atoms with van der Waals surface area (Å²) in [6.07, 6.45) is 9.89. The molecule has 0 saturated carbocycles. The Morgan fingerprint density at radius 3 is 2.63 bits per heavy atom. The van der Waals surface area contributed by atoms with Gasteiger partial charge in [-0.15, -0.1) is 0 Å². The molecule has 0 spiro atoms. The number of rotatable bonds is 7. The number of halogens is 1. The van der Waals surface area contributed by atoms with Crippen molar-refractivity contribution < 1.29 is 12.8 Å². The van der Waals surface area contributed by atoms with Crippen LogP contribution in [-0.2, 0) is 16.6 Å². The average molecular weight is 600 g/mol. The van der Waals surface area contributed by atoms with Crippen molar-refractivity contribution in [2.24, 2.45) is 5.92 Å². The summed E-state index contributed by atoms with van der Waals surface area (Å²) in [5.41, 5.74) is 2.04. The first-order chi connectivity index (χ1) is 19.7. The molecule has 1 N–H and O–H groups in total. The third-order valence-corrected chi connectivity index (χ3v) is 12.1. The van der Waals surface area contributed by atoms with E-state index in [2.05, 4.69) is 32.4 Å². The Morgan fingerprint density at radius 1 is 1.12 bits per heavy atom. The molecule has 12 heteroatoms. The standard InChI is InChI=1S/C29H38FN7O2S2/c1-21-14-28(36-18-25-4-3-9-34(25)19-27(36)31)40-29(15-21)41(38,39)35-12-10-33(11-13-35)17-26-16-32-20-37(26)22(2)23-5-7-24(30)8-6-23/h5-8,14-16,20-22,25,31H,3-4,9-13,17-19H2,1-2H3/t21?,22-,25+/m1/s1. The van der Waals surface area contributed by atoms with Crippen LogP contribution in [0.3, 0.4) is 0 Å². The second-order valence-electron chi connectivity index (χ2n) is 11.5. The van der Waals surface area contributed by atoms with Gasteiger partial charge in [0.2, 0.25) is 10.0 Å². The number of fused-ring (bicyclic) bond motifs is 1. The highest BCUT2D eigenvalue weighted by Gasteiger charge is 2.38. The Hall–Kier alpha value is -2.51. The van der Waals surface area contributed by atoms with E-state index in [0.717, 1.165) is 42.2 Å². The van der Waals surface area contributed by atoms with Crippen molar-refractivity contribution in [3.8, 4) is 0 Å².